The second kappa shape index (κ2) is 5.88. The molecule has 0 radical (unpaired) electrons. The van der Waals surface area contributed by atoms with E-state index in [1.54, 1.807) is 0 Å². The van der Waals surface area contributed by atoms with E-state index < -0.39 is 0 Å². The molecule has 3 heteroatoms. The minimum atomic E-state index is 0.0430. The van der Waals surface area contributed by atoms with Crippen molar-refractivity contribution in [2.24, 2.45) is 5.73 Å². The molecule has 96 valence electrons. The van der Waals surface area contributed by atoms with Crippen LogP contribution in [0.5, 0.6) is 5.75 Å². The molecule has 0 aliphatic heterocycles. The van der Waals surface area contributed by atoms with Crippen molar-refractivity contribution in [3.05, 3.63) is 29.3 Å². The van der Waals surface area contributed by atoms with E-state index in [1.165, 1.54) is 12.8 Å². The Morgan fingerprint density at radius 1 is 1.28 bits per heavy atom. The molecule has 1 aliphatic rings. The van der Waals surface area contributed by atoms with E-state index in [-0.39, 0.29) is 12.1 Å². The fourth-order valence-electron chi connectivity index (χ4n) is 2.43. The van der Waals surface area contributed by atoms with Crippen molar-refractivity contribution < 1.29 is 4.74 Å². The molecule has 0 amide bonds. The van der Waals surface area contributed by atoms with E-state index in [0.717, 1.165) is 24.8 Å². The Morgan fingerprint density at radius 2 is 2.06 bits per heavy atom. The van der Waals surface area contributed by atoms with Gasteiger partial charge in [-0.1, -0.05) is 18.9 Å². The minimum absolute atomic E-state index is 0.0430. The van der Waals surface area contributed by atoms with Crippen LogP contribution in [0.1, 0.15) is 43.2 Å². The van der Waals surface area contributed by atoms with Crippen LogP contribution >= 0.6 is 0 Å². The van der Waals surface area contributed by atoms with Gasteiger partial charge in [-0.15, -0.1) is 0 Å². The zero-order chi connectivity index (χ0) is 13.0. The molecule has 2 rings (SSSR count). The Labute approximate surface area is 109 Å². The Balaban J connectivity index is 2.17. The summed E-state index contributed by atoms with van der Waals surface area (Å²) in [6.07, 6.45) is 5.61. The molecule has 1 aliphatic carbocycles. The molecule has 1 saturated carbocycles. The molecule has 0 heterocycles. The second-order valence-corrected chi connectivity index (χ2v) is 5.07. The number of hydrogen-bond acceptors (Lipinski definition) is 3. The van der Waals surface area contributed by atoms with Crippen LogP contribution < -0.4 is 10.5 Å². The zero-order valence-corrected chi connectivity index (χ0v) is 10.9. The minimum Gasteiger partial charge on any atom is -0.487 e. The number of hydrogen-bond donors (Lipinski definition) is 1. The van der Waals surface area contributed by atoms with E-state index in [1.807, 2.05) is 25.1 Å². The monoisotopic (exact) mass is 244 g/mol. The molecule has 1 aromatic carbocycles. The van der Waals surface area contributed by atoms with Crippen LogP contribution in [0, 0.1) is 18.3 Å². The average molecular weight is 244 g/mol. The summed E-state index contributed by atoms with van der Waals surface area (Å²) in [7, 11) is 0. The lowest BCUT2D eigenvalue weighted by Crippen LogP contribution is -2.38. The molecule has 2 unspecified atom stereocenters. The summed E-state index contributed by atoms with van der Waals surface area (Å²) in [5, 5.41) is 9.10. The van der Waals surface area contributed by atoms with Crippen LogP contribution in [0.3, 0.4) is 0 Å². The molecule has 1 aromatic rings. The zero-order valence-electron chi connectivity index (χ0n) is 10.9. The van der Waals surface area contributed by atoms with Gasteiger partial charge in [-0.3, -0.25) is 0 Å². The van der Waals surface area contributed by atoms with E-state index in [2.05, 4.69) is 6.07 Å². The van der Waals surface area contributed by atoms with Crippen LogP contribution in [0.2, 0.25) is 0 Å². The first-order chi connectivity index (χ1) is 8.70. The van der Waals surface area contributed by atoms with Crippen LogP contribution in [-0.2, 0) is 0 Å². The topological polar surface area (TPSA) is 59.0 Å². The predicted octanol–water partition coefficient (Wildman–Crippen LogP) is 2.91. The summed E-state index contributed by atoms with van der Waals surface area (Å²) in [6.45, 7) is 2.00. The molecule has 2 atom stereocenters. The Morgan fingerprint density at radius 3 is 2.83 bits per heavy atom. The third-order valence-electron chi connectivity index (χ3n) is 3.54. The first kappa shape index (κ1) is 12.9. The van der Waals surface area contributed by atoms with Gasteiger partial charge in [-0.05, 0) is 43.9 Å². The molecule has 2 N–H and O–H groups in total. The Hall–Kier alpha value is -1.53. The number of nitrogens with zero attached hydrogens (tertiary/aromatic N) is 1. The average Bonchev–Trinajstić information content (AvgIpc) is 2.55. The number of nitrogens with two attached hydrogens (primary N) is 1. The quantitative estimate of drug-likeness (QED) is 0.814. The molecule has 0 spiro atoms. The highest BCUT2D eigenvalue weighted by Gasteiger charge is 2.22. The molecule has 18 heavy (non-hydrogen) atoms. The van der Waals surface area contributed by atoms with Crippen LogP contribution in [0.25, 0.3) is 0 Å². The maximum absolute atomic E-state index is 9.10. The van der Waals surface area contributed by atoms with Gasteiger partial charge in [0, 0.05) is 6.04 Å². The van der Waals surface area contributed by atoms with Crippen LogP contribution in [-0.4, -0.2) is 12.1 Å². The van der Waals surface area contributed by atoms with E-state index in [4.69, 9.17) is 15.7 Å². The fraction of sp³-hybridized carbons (Fsp3) is 0.533. The maximum Gasteiger partial charge on any atom is 0.137 e. The summed E-state index contributed by atoms with van der Waals surface area (Å²) in [6, 6.07) is 7.93. The van der Waals surface area contributed by atoms with E-state index >= 15 is 0 Å². The lowest BCUT2D eigenvalue weighted by atomic mass is 10.1. The summed E-state index contributed by atoms with van der Waals surface area (Å²) in [5.41, 5.74) is 7.85. The van der Waals surface area contributed by atoms with Gasteiger partial charge in [0.15, 0.2) is 0 Å². The van der Waals surface area contributed by atoms with Gasteiger partial charge in [-0.2, -0.15) is 5.26 Å². The molecular formula is C15H20N2O. The van der Waals surface area contributed by atoms with Gasteiger partial charge in [0.1, 0.15) is 17.9 Å². The highest BCUT2D eigenvalue weighted by molar-refractivity contribution is 5.45. The molecular weight excluding hydrogens is 224 g/mol. The van der Waals surface area contributed by atoms with E-state index in [0.29, 0.717) is 11.3 Å². The van der Waals surface area contributed by atoms with Crippen molar-refractivity contribution in [3.63, 3.8) is 0 Å². The first-order valence-electron chi connectivity index (χ1n) is 6.63. The van der Waals surface area contributed by atoms with Gasteiger partial charge >= 0.3 is 0 Å². The highest BCUT2D eigenvalue weighted by Crippen LogP contribution is 2.25. The molecule has 0 bridgehead atoms. The third kappa shape index (κ3) is 3.02. The third-order valence-corrected chi connectivity index (χ3v) is 3.54. The van der Waals surface area contributed by atoms with Gasteiger partial charge in [0.25, 0.3) is 0 Å². The molecule has 0 aromatic heterocycles. The second-order valence-electron chi connectivity index (χ2n) is 5.07. The lowest BCUT2D eigenvalue weighted by Gasteiger charge is -2.23. The van der Waals surface area contributed by atoms with Crippen LogP contribution in [0.4, 0.5) is 0 Å². The summed E-state index contributed by atoms with van der Waals surface area (Å²) in [4.78, 5) is 0. The standard InChI is InChI=1S/C15H20N2O/c1-11-7-8-12(10-16)15(9-11)18-14-6-4-2-3-5-13(14)17/h7-9,13-14H,2-6,17H2,1H3. The van der Waals surface area contributed by atoms with Crippen molar-refractivity contribution in [1.82, 2.24) is 0 Å². The van der Waals surface area contributed by atoms with Gasteiger partial charge in [0.05, 0.1) is 5.56 Å². The van der Waals surface area contributed by atoms with Crippen molar-refractivity contribution >= 4 is 0 Å². The predicted molar refractivity (Wildman–Crippen MR) is 71.4 cm³/mol. The van der Waals surface area contributed by atoms with E-state index in [9.17, 15) is 0 Å². The Bertz CT molecular complexity index is 450. The number of nitriles is 1. The smallest absolute Gasteiger partial charge is 0.137 e. The molecule has 0 saturated heterocycles. The number of aryl methyl sites for hydroxylation is 1. The Kier molecular flexibility index (Phi) is 4.22. The maximum atomic E-state index is 9.10. The summed E-state index contributed by atoms with van der Waals surface area (Å²) >= 11 is 0. The van der Waals surface area contributed by atoms with Crippen molar-refractivity contribution in [1.29, 1.82) is 5.26 Å². The highest BCUT2D eigenvalue weighted by atomic mass is 16.5. The van der Waals surface area contributed by atoms with Gasteiger partial charge in [-0.25, -0.2) is 0 Å². The summed E-state index contributed by atoms with van der Waals surface area (Å²) in [5.74, 6) is 0.680. The summed E-state index contributed by atoms with van der Waals surface area (Å²) < 4.78 is 6.00. The van der Waals surface area contributed by atoms with Gasteiger partial charge in [0.2, 0.25) is 0 Å². The number of ether oxygens (including phenoxy) is 1. The largest absolute Gasteiger partial charge is 0.487 e. The SMILES string of the molecule is Cc1ccc(C#N)c(OC2CCCCCC2N)c1. The lowest BCUT2D eigenvalue weighted by molar-refractivity contribution is 0.162. The normalized spacial score (nSPS) is 24.1. The number of benzene rings is 1. The van der Waals surface area contributed by atoms with Gasteiger partial charge < -0.3 is 10.5 Å². The fourth-order valence-corrected chi connectivity index (χ4v) is 2.43. The van der Waals surface area contributed by atoms with Crippen LogP contribution in [0.15, 0.2) is 18.2 Å². The number of rotatable bonds is 2. The first-order valence-corrected chi connectivity index (χ1v) is 6.63. The molecule has 1 fully saturated rings. The molecule has 3 nitrogen and oxygen atoms in total. The van der Waals surface area contributed by atoms with Crippen molar-refractivity contribution in [2.75, 3.05) is 0 Å². The van der Waals surface area contributed by atoms with Crippen molar-refractivity contribution in [2.45, 2.75) is 51.2 Å². The van der Waals surface area contributed by atoms with Crippen molar-refractivity contribution in [3.8, 4) is 11.8 Å².